The van der Waals surface area contributed by atoms with Gasteiger partial charge in [-0.2, -0.15) is 12.6 Å². The molecule has 14 heavy (non-hydrogen) atoms. The van der Waals surface area contributed by atoms with Crippen molar-refractivity contribution in [2.24, 2.45) is 5.92 Å². The highest BCUT2D eigenvalue weighted by atomic mass is 32.1. The minimum atomic E-state index is 0.116. The molecule has 0 spiro atoms. The number of hydrogen-bond acceptors (Lipinski definition) is 3. The first-order valence-corrected chi connectivity index (χ1v) is 5.73. The van der Waals surface area contributed by atoms with Crippen molar-refractivity contribution in [2.45, 2.75) is 25.8 Å². The van der Waals surface area contributed by atoms with Gasteiger partial charge in [-0.25, -0.2) is 0 Å². The molecule has 0 aromatic rings. The zero-order valence-electron chi connectivity index (χ0n) is 8.90. The molecule has 1 aliphatic carbocycles. The van der Waals surface area contributed by atoms with Crippen molar-refractivity contribution >= 4 is 18.5 Å². The number of methoxy groups -OCH3 is 1. The summed E-state index contributed by atoms with van der Waals surface area (Å²) in [5.74, 6) is 1.11. The Kier molecular flexibility index (Phi) is 4.75. The number of hydrogen-bond donors (Lipinski definition) is 1. The Balaban J connectivity index is 2.45. The Morgan fingerprint density at radius 1 is 1.64 bits per heavy atom. The van der Waals surface area contributed by atoms with E-state index in [4.69, 9.17) is 4.74 Å². The van der Waals surface area contributed by atoms with E-state index in [1.165, 1.54) is 12.8 Å². The van der Waals surface area contributed by atoms with E-state index in [1.807, 2.05) is 4.90 Å². The highest BCUT2D eigenvalue weighted by molar-refractivity contribution is 7.81. The summed E-state index contributed by atoms with van der Waals surface area (Å²) >= 11 is 4.03. The fraction of sp³-hybridized carbons (Fsp3) is 0.900. The van der Waals surface area contributed by atoms with Gasteiger partial charge in [0.15, 0.2) is 0 Å². The van der Waals surface area contributed by atoms with Gasteiger partial charge in [0.05, 0.1) is 12.4 Å². The van der Waals surface area contributed by atoms with E-state index in [2.05, 4.69) is 19.6 Å². The van der Waals surface area contributed by atoms with Crippen LogP contribution in [-0.4, -0.2) is 42.9 Å². The van der Waals surface area contributed by atoms with Crippen LogP contribution in [0.4, 0.5) is 0 Å². The van der Waals surface area contributed by atoms with Crippen molar-refractivity contribution in [1.82, 2.24) is 4.90 Å². The third kappa shape index (κ3) is 3.17. The van der Waals surface area contributed by atoms with Gasteiger partial charge < -0.3 is 9.64 Å². The molecular weight excluding hydrogens is 198 g/mol. The lowest BCUT2D eigenvalue weighted by molar-refractivity contribution is -0.131. The first-order chi connectivity index (χ1) is 6.70. The lowest BCUT2D eigenvalue weighted by Gasteiger charge is -2.28. The zero-order valence-corrected chi connectivity index (χ0v) is 9.80. The van der Waals surface area contributed by atoms with E-state index in [-0.39, 0.29) is 5.91 Å². The molecule has 1 unspecified atom stereocenters. The summed E-state index contributed by atoms with van der Waals surface area (Å²) in [5, 5.41) is 0. The predicted octanol–water partition coefficient (Wildman–Crippen LogP) is 1.19. The van der Waals surface area contributed by atoms with Gasteiger partial charge >= 0.3 is 0 Å². The average Bonchev–Trinajstić information content (AvgIpc) is 3.00. The molecule has 4 heteroatoms. The van der Waals surface area contributed by atoms with E-state index in [9.17, 15) is 4.79 Å². The van der Waals surface area contributed by atoms with Gasteiger partial charge in [0.25, 0.3) is 0 Å². The minimum Gasteiger partial charge on any atom is -0.383 e. The second-order valence-electron chi connectivity index (χ2n) is 3.82. The first kappa shape index (κ1) is 11.9. The van der Waals surface area contributed by atoms with Gasteiger partial charge in [-0.05, 0) is 25.7 Å². The molecule has 0 aromatic heterocycles. The summed E-state index contributed by atoms with van der Waals surface area (Å²) in [4.78, 5) is 13.5. The lowest BCUT2D eigenvalue weighted by Crippen LogP contribution is -2.42. The van der Waals surface area contributed by atoms with Crippen LogP contribution in [-0.2, 0) is 9.53 Å². The summed E-state index contributed by atoms with van der Waals surface area (Å²) in [6.07, 6.45) is 2.51. The minimum absolute atomic E-state index is 0.116. The molecule has 0 aromatic carbocycles. The average molecular weight is 217 g/mol. The lowest BCUT2D eigenvalue weighted by atomic mass is 10.2. The van der Waals surface area contributed by atoms with Crippen molar-refractivity contribution < 1.29 is 9.53 Å². The topological polar surface area (TPSA) is 29.5 Å². The molecule has 0 heterocycles. The predicted molar refractivity (Wildman–Crippen MR) is 59.6 cm³/mol. The number of carbonyl (C=O) groups excluding carboxylic acids is 1. The van der Waals surface area contributed by atoms with Gasteiger partial charge in [-0.3, -0.25) is 4.79 Å². The number of carbonyl (C=O) groups is 1. The van der Waals surface area contributed by atoms with Crippen LogP contribution in [0, 0.1) is 5.92 Å². The molecule has 1 saturated carbocycles. The Bertz CT molecular complexity index is 195. The van der Waals surface area contributed by atoms with Crippen LogP contribution in [0.5, 0.6) is 0 Å². The third-order valence-electron chi connectivity index (χ3n) is 2.79. The van der Waals surface area contributed by atoms with Gasteiger partial charge in [0.1, 0.15) is 0 Å². The van der Waals surface area contributed by atoms with Crippen molar-refractivity contribution in [3.8, 4) is 0 Å². The first-order valence-electron chi connectivity index (χ1n) is 5.10. The molecule has 3 nitrogen and oxygen atoms in total. The number of rotatable bonds is 6. The maximum atomic E-state index is 11.6. The molecule has 0 radical (unpaired) electrons. The van der Waals surface area contributed by atoms with Gasteiger partial charge in [0.2, 0.25) is 5.91 Å². The second kappa shape index (κ2) is 5.61. The van der Waals surface area contributed by atoms with Crippen LogP contribution in [0.3, 0.4) is 0 Å². The van der Waals surface area contributed by atoms with Gasteiger partial charge in [-0.1, -0.05) is 0 Å². The van der Waals surface area contributed by atoms with Crippen LogP contribution < -0.4 is 0 Å². The monoisotopic (exact) mass is 217 g/mol. The maximum absolute atomic E-state index is 11.6. The van der Waals surface area contributed by atoms with E-state index >= 15 is 0 Å². The van der Waals surface area contributed by atoms with Crippen LogP contribution in [0.2, 0.25) is 0 Å². The van der Waals surface area contributed by atoms with Crippen LogP contribution in [0.15, 0.2) is 0 Å². The van der Waals surface area contributed by atoms with E-state index in [0.29, 0.717) is 30.9 Å². The van der Waals surface area contributed by atoms with Crippen LogP contribution >= 0.6 is 12.6 Å². The molecule has 0 bridgehead atoms. The van der Waals surface area contributed by atoms with Crippen LogP contribution in [0.25, 0.3) is 0 Å². The molecule has 1 amide bonds. The Labute approximate surface area is 91.2 Å². The third-order valence-corrected chi connectivity index (χ3v) is 3.06. The molecule has 0 N–H and O–H groups in total. The molecule has 0 saturated heterocycles. The second-order valence-corrected chi connectivity index (χ2v) is 4.13. The summed E-state index contributed by atoms with van der Waals surface area (Å²) in [6.45, 7) is 3.42. The van der Waals surface area contributed by atoms with Crippen molar-refractivity contribution in [1.29, 1.82) is 0 Å². The zero-order chi connectivity index (χ0) is 10.6. The van der Waals surface area contributed by atoms with E-state index < -0.39 is 0 Å². The molecular formula is C10H19NO2S. The summed E-state index contributed by atoms with van der Waals surface area (Å²) < 4.78 is 5.00. The fourth-order valence-electron chi connectivity index (χ4n) is 1.67. The SMILES string of the molecule is COCCN(C(=O)CS)C(C)C1CC1. The molecule has 1 rings (SSSR count). The number of thiol groups is 1. The molecule has 1 atom stereocenters. The Morgan fingerprint density at radius 2 is 2.29 bits per heavy atom. The molecule has 1 fully saturated rings. The van der Waals surface area contributed by atoms with Crippen molar-refractivity contribution in [2.75, 3.05) is 26.0 Å². The number of amides is 1. The molecule has 0 aliphatic heterocycles. The van der Waals surface area contributed by atoms with E-state index in [1.54, 1.807) is 7.11 Å². The quantitative estimate of drug-likeness (QED) is 0.677. The fourth-order valence-corrected chi connectivity index (χ4v) is 1.85. The smallest absolute Gasteiger partial charge is 0.232 e. The summed E-state index contributed by atoms with van der Waals surface area (Å²) in [5.41, 5.74) is 0. The van der Waals surface area contributed by atoms with Crippen LogP contribution in [0.1, 0.15) is 19.8 Å². The van der Waals surface area contributed by atoms with Crippen molar-refractivity contribution in [3.05, 3.63) is 0 Å². The Hall–Kier alpha value is -0.220. The van der Waals surface area contributed by atoms with Gasteiger partial charge in [-0.15, -0.1) is 0 Å². The number of ether oxygens (including phenoxy) is 1. The summed E-state index contributed by atoms with van der Waals surface area (Å²) in [6, 6.07) is 0.352. The largest absolute Gasteiger partial charge is 0.383 e. The maximum Gasteiger partial charge on any atom is 0.232 e. The number of nitrogens with zero attached hydrogens (tertiary/aromatic N) is 1. The molecule has 1 aliphatic rings. The standard InChI is InChI=1S/C10H19NO2S/c1-8(9-3-4-9)11(5-6-13-2)10(12)7-14/h8-9,14H,3-7H2,1-2H3. The summed E-state index contributed by atoms with van der Waals surface area (Å²) in [7, 11) is 1.66. The van der Waals surface area contributed by atoms with E-state index in [0.717, 1.165) is 0 Å². The normalized spacial score (nSPS) is 17.9. The highest BCUT2D eigenvalue weighted by Crippen LogP contribution is 2.35. The van der Waals surface area contributed by atoms with Gasteiger partial charge in [0, 0.05) is 19.7 Å². The molecule has 82 valence electrons. The highest BCUT2D eigenvalue weighted by Gasteiger charge is 2.33. The van der Waals surface area contributed by atoms with Crippen molar-refractivity contribution in [3.63, 3.8) is 0 Å². The Morgan fingerprint density at radius 3 is 2.71 bits per heavy atom.